The molecule has 0 aliphatic carbocycles. The van der Waals surface area contributed by atoms with Crippen LogP contribution in [0.1, 0.15) is 24.9 Å². The lowest BCUT2D eigenvalue weighted by Crippen LogP contribution is -2.26. The van der Waals surface area contributed by atoms with Gasteiger partial charge in [-0.05, 0) is 31.0 Å². The minimum Gasteiger partial charge on any atom is -0.378 e. The normalized spacial score (nSPS) is 25.4. The second kappa shape index (κ2) is 4.67. The van der Waals surface area contributed by atoms with E-state index in [1.165, 1.54) is 0 Å². The van der Waals surface area contributed by atoms with Gasteiger partial charge in [0, 0.05) is 30.1 Å². The highest BCUT2D eigenvalue weighted by atomic mass is 16.5. The van der Waals surface area contributed by atoms with Gasteiger partial charge in [0.25, 0.3) is 0 Å². The molecule has 2 aromatic rings. The predicted octanol–water partition coefficient (Wildman–Crippen LogP) is 2.66. The maximum atomic E-state index is 6.36. The summed E-state index contributed by atoms with van der Waals surface area (Å²) in [6, 6.07) is 10.3. The molecule has 0 spiro atoms. The summed E-state index contributed by atoms with van der Waals surface area (Å²) in [6.45, 7) is 2.92. The Morgan fingerprint density at radius 1 is 1.39 bits per heavy atom. The summed E-state index contributed by atoms with van der Waals surface area (Å²) in [5, 5.41) is 1.15. The van der Waals surface area contributed by atoms with Crippen LogP contribution in [0.25, 0.3) is 10.9 Å². The van der Waals surface area contributed by atoms with Crippen molar-refractivity contribution in [1.29, 1.82) is 0 Å². The summed E-state index contributed by atoms with van der Waals surface area (Å²) in [4.78, 5) is 4.48. The number of rotatable bonds is 2. The Morgan fingerprint density at radius 2 is 2.22 bits per heavy atom. The van der Waals surface area contributed by atoms with Crippen molar-refractivity contribution < 1.29 is 4.74 Å². The van der Waals surface area contributed by atoms with Crippen LogP contribution in [0.3, 0.4) is 0 Å². The van der Waals surface area contributed by atoms with E-state index >= 15 is 0 Å². The van der Waals surface area contributed by atoms with Gasteiger partial charge in [0.2, 0.25) is 0 Å². The SMILES string of the molecule is CC1OCCC1C(N)c1cnc2ccccc2c1. The predicted molar refractivity (Wildman–Crippen MR) is 72.2 cm³/mol. The molecule has 94 valence electrons. The Labute approximate surface area is 107 Å². The fourth-order valence-electron chi connectivity index (χ4n) is 2.74. The smallest absolute Gasteiger partial charge is 0.0702 e. The first-order valence-electron chi connectivity index (χ1n) is 6.47. The van der Waals surface area contributed by atoms with Crippen LogP contribution in [0, 0.1) is 5.92 Å². The fourth-order valence-corrected chi connectivity index (χ4v) is 2.74. The number of benzene rings is 1. The highest BCUT2D eigenvalue weighted by Crippen LogP contribution is 2.32. The number of para-hydroxylation sites is 1. The molecule has 1 saturated heterocycles. The van der Waals surface area contributed by atoms with E-state index in [0.29, 0.717) is 5.92 Å². The molecule has 3 heteroatoms. The van der Waals surface area contributed by atoms with Gasteiger partial charge in [-0.25, -0.2) is 0 Å². The number of aromatic nitrogens is 1. The summed E-state index contributed by atoms with van der Waals surface area (Å²) < 4.78 is 5.60. The molecule has 1 aliphatic heterocycles. The number of hydrogen-bond donors (Lipinski definition) is 1. The third kappa shape index (κ3) is 2.00. The molecule has 2 N–H and O–H groups in total. The molecule has 3 rings (SSSR count). The van der Waals surface area contributed by atoms with Crippen LogP contribution < -0.4 is 5.73 Å². The number of fused-ring (bicyclic) bond motifs is 1. The second-order valence-corrected chi connectivity index (χ2v) is 5.02. The molecule has 0 saturated carbocycles. The molecule has 0 radical (unpaired) electrons. The molecule has 0 bridgehead atoms. The molecule has 18 heavy (non-hydrogen) atoms. The second-order valence-electron chi connectivity index (χ2n) is 5.02. The molecular weight excluding hydrogens is 224 g/mol. The number of ether oxygens (including phenoxy) is 1. The minimum absolute atomic E-state index is 0.0135. The third-order valence-corrected chi connectivity index (χ3v) is 3.89. The molecule has 1 aromatic carbocycles. The van der Waals surface area contributed by atoms with Gasteiger partial charge in [0.15, 0.2) is 0 Å². The van der Waals surface area contributed by atoms with Crippen molar-refractivity contribution >= 4 is 10.9 Å². The average molecular weight is 242 g/mol. The van der Waals surface area contributed by atoms with Crippen molar-refractivity contribution in [2.45, 2.75) is 25.5 Å². The molecule has 0 amide bonds. The van der Waals surface area contributed by atoms with Gasteiger partial charge in [-0.3, -0.25) is 4.98 Å². The Morgan fingerprint density at radius 3 is 3.00 bits per heavy atom. The van der Waals surface area contributed by atoms with E-state index in [1.54, 1.807) is 0 Å². The number of hydrogen-bond acceptors (Lipinski definition) is 3. The van der Waals surface area contributed by atoms with Crippen LogP contribution in [0.15, 0.2) is 36.5 Å². The summed E-state index contributed by atoms with van der Waals surface area (Å²) >= 11 is 0. The zero-order chi connectivity index (χ0) is 12.5. The van der Waals surface area contributed by atoms with E-state index in [4.69, 9.17) is 10.5 Å². The molecule has 2 heterocycles. The van der Waals surface area contributed by atoms with Gasteiger partial charge in [0.1, 0.15) is 0 Å². The summed E-state index contributed by atoms with van der Waals surface area (Å²) in [7, 11) is 0. The van der Waals surface area contributed by atoms with Crippen LogP contribution in [0.4, 0.5) is 0 Å². The Kier molecular flexibility index (Phi) is 3.02. The van der Waals surface area contributed by atoms with Crippen molar-refractivity contribution in [3.63, 3.8) is 0 Å². The summed E-state index contributed by atoms with van der Waals surface area (Å²) in [5.41, 5.74) is 8.49. The van der Waals surface area contributed by atoms with Crippen molar-refractivity contribution in [1.82, 2.24) is 4.98 Å². The van der Waals surface area contributed by atoms with Crippen LogP contribution in [-0.2, 0) is 4.74 Å². The summed E-state index contributed by atoms with van der Waals surface area (Å²) in [6.07, 6.45) is 3.18. The van der Waals surface area contributed by atoms with Crippen LogP contribution >= 0.6 is 0 Å². The van der Waals surface area contributed by atoms with Gasteiger partial charge in [0.05, 0.1) is 11.6 Å². The van der Waals surface area contributed by atoms with Crippen molar-refractivity contribution in [2.24, 2.45) is 11.7 Å². The molecule has 3 nitrogen and oxygen atoms in total. The molecule has 3 unspecified atom stereocenters. The van der Waals surface area contributed by atoms with Gasteiger partial charge in [-0.15, -0.1) is 0 Å². The first-order valence-corrected chi connectivity index (χ1v) is 6.47. The maximum Gasteiger partial charge on any atom is 0.0702 e. The lowest BCUT2D eigenvalue weighted by molar-refractivity contribution is 0.0995. The average Bonchev–Trinajstić information content (AvgIpc) is 2.83. The zero-order valence-electron chi connectivity index (χ0n) is 10.5. The van der Waals surface area contributed by atoms with Crippen LogP contribution in [0.2, 0.25) is 0 Å². The van der Waals surface area contributed by atoms with Crippen LogP contribution in [-0.4, -0.2) is 17.7 Å². The Balaban J connectivity index is 1.93. The third-order valence-electron chi connectivity index (χ3n) is 3.89. The topological polar surface area (TPSA) is 48.1 Å². The number of nitrogens with two attached hydrogens (primary N) is 1. The van der Waals surface area contributed by atoms with Crippen LogP contribution in [0.5, 0.6) is 0 Å². The lowest BCUT2D eigenvalue weighted by Gasteiger charge is -2.22. The maximum absolute atomic E-state index is 6.36. The highest BCUT2D eigenvalue weighted by Gasteiger charge is 2.30. The number of nitrogens with zero attached hydrogens (tertiary/aromatic N) is 1. The van der Waals surface area contributed by atoms with E-state index in [9.17, 15) is 0 Å². The van der Waals surface area contributed by atoms with Gasteiger partial charge >= 0.3 is 0 Å². The molecular formula is C15H18N2O. The van der Waals surface area contributed by atoms with Crippen molar-refractivity contribution in [3.8, 4) is 0 Å². The van der Waals surface area contributed by atoms with E-state index in [1.807, 2.05) is 24.4 Å². The van der Waals surface area contributed by atoms with Gasteiger partial charge < -0.3 is 10.5 Å². The Bertz CT molecular complexity index is 555. The van der Waals surface area contributed by atoms with E-state index in [-0.39, 0.29) is 12.1 Å². The van der Waals surface area contributed by atoms with E-state index < -0.39 is 0 Å². The quantitative estimate of drug-likeness (QED) is 0.880. The number of pyridine rings is 1. The monoisotopic (exact) mass is 242 g/mol. The lowest BCUT2D eigenvalue weighted by atomic mass is 9.89. The molecule has 1 aliphatic rings. The summed E-state index contributed by atoms with van der Waals surface area (Å²) in [5.74, 6) is 0.396. The van der Waals surface area contributed by atoms with Crippen molar-refractivity contribution in [3.05, 3.63) is 42.1 Å². The standard InChI is InChI=1S/C15H18N2O/c1-10-13(6-7-18-10)15(16)12-8-11-4-2-3-5-14(11)17-9-12/h2-5,8-10,13,15H,6-7,16H2,1H3. The zero-order valence-corrected chi connectivity index (χ0v) is 10.5. The van der Waals surface area contributed by atoms with Gasteiger partial charge in [-0.1, -0.05) is 18.2 Å². The Hall–Kier alpha value is -1.45. The largest absolute Gasteiger partial charge is 0.378 e. The van der Waals surface area contributed by atoms with E-state index in [0.717, 1.165) is 29.5 Å². The molecule has 1 aromatic heterocycles. The molecule has 3 atom stereocenters. The van der Waals surface area contributed by atoms with Gasteiger partial charge in [-0.2, -0.15) is 0 Å². The highest BCUT2D eigenvalue weighted by molar-refractivity contribution is 5.78. The fraction of sp³-hybridized carbons (Fsp3) is 0.400. The van der Waals surface area contributed by atoms with Crippen molar-refractivity contribution in [2.75, 3.05) is 6.61 Å². The first kappa shape index (κ1) is 11.6. The van der Waals surface area contributed by atoms with E-state index in [2.05, 4.69) is 24.0 Å². The minimum atomic E-state index is 0.0135. The molecule has 1 fully saturated rings. The first-order chi connectivity index (χ1) is 8.75.